The van der Waals surface area contributed by atoms with Crippen LogP contribution in [0.4, 0.5) is 4.79 Å². The Morgan fingerprint density at radius 2 is 2.05 bits per heavy atom. The molecular formula is C17H24N2O3. The number of aryl methyl sites for hydroxylation is 1. The van der Waals surface area contributed by atoms with Crippen LogP contribution in [-0.4, -0.2) is 36.0 Å². The van der Waals surface area contributed by atoms with E-state index in [0.29, 0.717) is 18.9 Å². The summed E-state index contributed by atoms with van der Waals surface area (Å²) in [7, 11) is 0. The highest BCUT2D eigenvalue weighted by Gasteiger charge is 2.36. The Morgan fingerprint density at radius 1 is 1.32 bits per heavy atom. The van der Waals surface area contributed by atoms with Crippen LogP contribution in [0.1, 0.15) is 44.2 Å². The van der Waals surface area contributed by atoms with E-state index in [4.69, 9.17) is 4.74 Å². The Balaban J connectivity index is 1.90. The Kier molecular flexibility index (Phi) is 5.06. The summed E-state index contributed by atoms with van der Waals surface area (Å²) in [6.07, 6.45) is 0.609. The van der Waals surface area contributed by atoms with Crippen molar-refractivity contribution in [3.8, 4) is 5.75 Å². The Labute approximate surface area is 131 Å². The summed E-state index contributed by atoms with van der Waals surface area (Å²) in [5, 5.41) is 2.66. The van der Waals surface area contributed by atoms with E-state index in [1.54, 1.807) is 0 Å². The molecule has 5 nitrogen and oxygen atoms in total. The van der Waals surface area contributed by atoms with Crippen molar-refractivity contribution in [3.63, 3.8) is 0 Å². The van der Waals surface area contributed by atoms with Crippen molar-refractivity contribution in [3.05, 3.63) is 29.3 Å². The molecule has 5 heteroatoms. The van der Waals surface area contributed by atoms with E-state index in [2.05, 4.69) is 32.2 Å². The van der Waals surface area contributed by atoms with Gasteiger partial charge in [-0.3, -0.25) is 9.69 Å². The molecule has 0 radical (unpaired) electrons. The van der Waals surface area contributed by atoms with Gasteiger partial charge in [0.15, 0.2) is 0 Å². The Morgan fingerprint density at radius 3 is 2.59 bits per heavy atom. The molecule has 3 amide bonds. The van der Waals surface area contributed by atoms with Crippen LogP contribution in [0.25, 0.3) is 0 Å². The fraction of sp³-hybridized carbons (Fsp3) is 0.529. The SMILES string of the molecule is CC[C@H]1NC(=O)N(CCOc2ccc(C(C)C)c(C)c2)C1=O. The van der Waals surface area contributed by atoms with Gasteiger partial charge in [-0.25, -0.2) is 4.79 Å². The van der Waals surface area contributed by atoms with Crippen molar-refractivity contribution in [2.75, 3.05) is 13.2 Å². The minimum atomic E-state index is -0.389. The standard InChI is InChI=1S/C17H24N2O3/c1-5-15-16(20)19(17(21)18-15)8-9-22-13-6-7-14(11(2)3)12(4)10-13/h6-7,10-11,15H,5,8-9H2,1-4H3,(H,18,21)/t15-/m1/s1. The number of hydrogen-bond acceptors (Lipinski definition) is 3. The summed E-state index contributed by atoms with van der Waals surface area (Å²) in [5.74, 6) is 1.08. The highest BCUT2D eigenvalue weighted by Crippen LogP contribution is 2.23. The van der Waals surface area contributed by atoms with Gasteiger partial charge in [0.2, 0.25) is 0 Å². The van der Waals surface area contributed by atoms with Crippen LogP contribution in [-0.2, 0) is 4.79 Å². The van der Waals surface area contributed by atoms with Gasteiger partial charge < -0.3 is 10.1 Å². The number of amides is 3. The molecule has 1 saturated heterocycles. The number of hydrogen-bond donors (Lipinski definition) is 1. The summed E-state index contributed by atoms with van der Waals surface area (Å²) in [6.45, 7) is 8.82. The van der Waals surface area contributed by atoms with Crippen molar-refractivity contribution in [2.24, 2.45) is 0 Å². The monoisotopic (exact) mass is 304 g/mol. The van der Waals surface area contributed by atoms with E-state index in [9.17, 15) is 9.59 Å². The number of benzene rings is 1. The van der Waals surface area contributed by atoms with Crippen LogP contribution in [0.2, 0.25) is 0 Å². The summed E-state index contributed by atoms with van der Waals surface area (Å²) in [6, 6.07) is 5.28. The van der Waals surface area contributed by atoms with Gasteiger partial charge in [0.05, 0.1) is 6.54 Å². The van der Waals surface area contributed by atoms with Gasteiger partial charge >= 0.3 is 6.03 Å². The molecule has 2 rings (SSSR count). The highest BCUT2D eigenvalue weighted by atomic mass is 16.5. The first-order valence-corrected chi connectivity index (χ1v) is 7.79. The molecule has 1 aliphatic heterocycles. The molecule has 1 atom stereocenters. The molecule has 1 aromatic carbocycles. The van der Waals surface area contributed by atoms with Crippen LogP contribution in [0, 0.1) is 6.92 Å². The first-order valence-electron chi connectivity index (χ1n) is 7.79. The smallest absolute Gasteiger partial charge is 0.324 e. The Bertz CT molecular complexity index is 569. The quantitative estimate of drug-likeness (QED) is 0.822. The van der Waals surface area contributed by atoms with Gasteiger partial charge in [0.1, 0.15) is 18.4 Å². The highest BCUT2D eigenvalue weighted by molar-refractivity contribution is 6.04. The van der Waals surface area contributed by atoms with Crippen molar-refractivity contribution < 1.29 is 14.3 Å². The third kappa shape index (κ3) is 3.40. The van der Waals surface area contributed by atoms with Gasteiger partial charge in [-0.2, -0.15) is 0 Å². The summed E-state index contributed by atoms with van der Waals surface area (Å²) in [5.41, 5.74) is 2.49. The molecule has 22 heavy (non-hydrogen) atoms. The number of carbonyl (C=O) groups excluding carboxylic acids is 2. The van der Waals surface area contributed by atoms with Crippen molar-refractivity contribution in [2.45, 2.75) is 46.1 Å². The predicted molar refractivity (Wildman–Crippen MR) is 85.1 cm³/mol. The van der Waals surface area contributed by atoms with Gasteiger partial charge in [0, 0.05) is 0 Å². The molecule has 0 aliphatic carbocycles. The zero-order chi connectivity index (χ0) is 16.3. The fourth-order valence-corrected chi connectivity index (χ4v) is 2.71. The number of ether oxygens (including phenoxy) is 1. The second-order valence-corrected chi connectivity index (χ2v) is 5.92. The number of nitrogens with zero attached hydrogens (tertiary/aromatic N) is 1. The van der Waals surface area contributed by atoms with Gasteiger partial charge in [-0.15, -0.1) is 0 Å². The molecule has 120 valence electrons. The zero-order valence-electron chi connectivity index (χ0n) is 13.7. The van der Waals surface area contributed by atoms with E-state index < -0.39 is 0 Å². The molecule has 1 aromatic rings. The van der Waals surface area contributed by atoms with Crippen LogP contribution >= 0.6 is 0 Å². The maximum atomic E-state index is 12.0. The first kappa shape index (κ1) is 16.3. The Hall–Kier alpha value is -2.04. The first-order chi connectivity index (χ1) is 10.4. The molecular weight excluding hydrogens is 280 g/mol. The molecule has 1 N–H and O–H groups in total. The molecule has 1 aliphatic rings. The number of nitrogens with one attached hydrogen (secondary N) is 1. The van der Waals surface area contributed by atoms with Crippen molar-refractivity contribution in [1.29, 1.82) is 0 Å². The maximum Gasteiger partial charge on any atom is 0.324 e. The lowest BCUT2D eigenvalue weighted by Gasteiger charge is -2.15. The lowest BCUT2D eigenvalue weighted by atomic mass is 9.98. The molecule has 0 unspecified atom stereocenters. The average Bonchev–Trinajstić information content (AvgIpc) is 2.74. The molecule has 0 aromatic heterocycles. The second kappa shape index (κ2) is 6.81. The van der Waals surface area contributed by atoms with Crippen LogP contribution in [0.5, 0.6) is 5.75 Å². The summed E-state index contributed by atoms with van der Waals surface area (Å²) < 4.78 is 5.68. The van der Waals surface area contributed by atoms with Gasteiger partial charge in [0.25, 0.3) is 5.91 Å². The maximum absolute atomic E-state index is 12.0. The van der Waals surface area contributed by atoms with Gasteiger partial charge in [-0.05, 0) is 42.5 Å². The fourth-order valence-electron chi connectivity index (χ4n) is 2.71. The molecule has 0 bridgehead atoms. The van der Waals surface area contributed by atoms with E-state index >= 15 is 0 Å². The van der Waals surface area contributed by atoms with Crippen molar-refractivity contribution >= 4 is 11.9 Å². The lowest BCUT2D eigenvalue weighted by Crippen LogP contribution is -2.35. The van der Waals surface area contributed by atoms with E-state index in [1.807, 2.05) is 19.1 Å². The topological polar surface area (TPSA) is 58.6 Å². The number of urea groups is 1. The molecule has 1 heterocycles. The predicted octanol–water partition coefficient (Wildman–Crippen LogP) is 2.83. The molecule has 0 saturated carbocycles. The largest absolute Gasteiger partial charge is 0.492 e. The minimum absolute atomic E-state index is 0.164. The molecule has 0 spiro atoms. The molecule has 1 fully saturated rings. The second-order valence-electron chi connectivity index (χ2n) is 5.92. The number of imide groups is 1. The lowest BCUT2D eigenvalue weighted by molar-refractivity contribution is -0.127. The number of rotatable bonds is 6. The van der Waals surface area contributed by atoms with E-state index in [-0.39, 0.29) is 24.5 Å². The van der Waals surface area contributed by atoms with Crippen LogP contribution < -0.4 is 10.1 Å². The summed E-state index contributed by atoms with van der Waals surface area (Å²) >= 11 is 0. The van der Waals surface area contributed by atoms with Crippen LogP contribution in [0.15, 0.2) is 18.2 Å². The average molecular weight is 304 g/mol. The zero-order valence-corrected chi connectivity index (χ0v) is 13.7. The number of carbonyl (C=O) groups is 2. The third-order valence-electron chi connectivity index (χ3n) is 3.96. The van der Waals surface area contributed by atoms with Crippen LogP contribution in [0.3, 0.4) is 0 Å². The van der Waals surface area contributed by atoms with Crippen molar-refractivity contribution in [1.82, 2.24) is 10.2 Å². The third-order valence-corrected chi connectivity index (χ3v) is 3.96. The van der Waals surface area contributed by atoms with E-state index in [1.165, 1.54) is 16.0 Å². The minimum Gasteiger partial charge on any atom is -0.492 e. The van der Waals surface area contributed by atoms with Gasteiger partial charge in [-0.1, -0.05) is 26.8 Å². The normalized spacial score (nSPS) is 18.0. The summed E-state index contributed by atoms with van der Waals surface area (Å²) in [4.78, 5) is 24.9. The van der Waals surface area contributed by atoms with E-state index in [0.717, 1.165) is 5.75 Å².